The molecule has 136 valence electrons. The third-order valence-corrected chi connectivity index (χ3v) is 4.98. The summed E-state index contributed by atoms with van der Waals surface area (Å²) in [6.07, 6.45) is 3.14. The quantitative estimate of drug-likeness (QED) is 0.636. The van der Waals surface area contributed by atoms with Gasteiger partial charge in [-0.05, 0) is 44.4 Å². The molecule has 0 bridgehead atoms. The van der Waals surface area contributed by atoms with Gasteiger partial charge in [-0.15, -0.1) is 0 Å². The third-order valence-electron chi connectivity index (χ3n) is 4.98. The van der Waals surface area contributed by atoms with Gasteiger partial charge in [-0.2, -0.15) is 0 Å². The average molecular weight is 355 g/mol. The molecule has 6 nitrogen and oxygen atoms in total. The molecule has 1 saturated heterocycles. The molecule has 4 rings (SSSR count). The second kappa shape index (κ2) is 6.23. The average Bonchev–Trinajstić information content (AvgIpc) is 3.19. The second-order valence-electron chi connectivity index (χ2n) is 7.27. The van der Waals surface area contributed by atoms with Crippen LogP contribution in [-0.4, -0.2) is 40.5 Å². The number of rotatable bonds is 5. The number of alkyl halides is 1. The van der Waals surface area contributed by atoms with E-state index in [0.717, 1.165) is 12.8 Å². The highest BCUT2D eigenvalue weighted by atomic mass is 19.1. The van der Waals surface area contributed by atoms with Crippen LogP contribution in [-0.2, 0) is 0 Å². The van der Waals surface area contributed by atoms with Gasteiger partial charge in [-0.25, -0.2) is 14.4 Å². The zero-order chi connectivity index (χ0) is 18.3. The van der Waals surface area contributed by atoms with Crippen LogP contribution in [0.4, 0.5) is 15.9 Å². The van der Waals surface area contributed by atoms with Crippen molar-refractivity contribution in [1.29, 1.82) is 5.41 Å². The van der Waals surface area contributed by atoms with Gasteiger partial charge in [0.15, 0.2) is 0 Å². The molecule has 0 spiro atoms. The fourth-order valence-electron chi connectivity index (χ4n) is 3.10. The number of nitrogens with zero attached hydrogens (tertiary/aromatic N) is 3. The van der Waals surface area contributed by atoms with Crippen molar-refractivity contribution in [3.63, 3.8) is 0 Å². The Morgan fingerprint density at radius 2 is 2.15 bits per heavy atom. The van der Waals surface area contributed by atoms with Crippen molar-refractivity contribution in [3.8, 4) is 5.75 Å². The van der Waals surface area contributed by atoms with Crippen molar-refractivity contribution in [2.75, 3.05) is 23.7 Å². The van der Waals surface area contributed by atoms with E-state index in [2.05, 4.69) is 16.9 Å². The fraction of sp³-hybridized carbons (Fsp3) is 0.421. The van der Waals surface area contributed by atoms with Gasteiger partial charge in [-0.1, -0.05) is 0 Å². The van der Waals surface area contributed by atoms with E-state index in [0.29, 0.717) is 48.0 Å². The Kier molecular flexibility index (Phi) is 4.01. The van der Waals surface area contributed by atoms with E-state index in [9.17, 15) is 4.39 Å². The number of anilines is 2. The standard InChI is InChI=1S/C19H22FN5O/c1-19(5-6-19)26-13-2-3-15(21)14(8-13)18(22)16-9-17(24-11-23-16)25-7-4-12(20)10-25/h2-3,8-9,11-12,22H,4-7,10,21H2,1H3. The molecule has 1 aliphatic carbocycles. The van der Waals surface area contributed by atoms with Gasteiger partial charge in [-0.3, -0.25) is 5.41 Å². The Labute approximate surface area is 151 Å². The van der Waals surface area contributed by atoms with Crippen molar-refractivity contribution in [2.24, 2.45) is 0 Å². The summed E-state index contributed by atoms with van der Waals surface area (Å²) in [7, 11) is 0. The summed E-state index contributed by atoms with van der Waals surface area (Å²) in [5, 5.41) is 8.54. The Bertz CT molecular complexity index is 852. The molecule has 2 heterocycles. The van der Waals surface area contributed by atoms with Crippen molar-refractivity contribution in [3.05, 3.63) is 41.9 Å². The van der Waals surface area contributed by atoms with Crippen LogP contribution < -0.4 is 15.4 Å². The summed E-state index contributed by atoms with van der Waals surface area (Å²) < 4.78 is 19.4. The molecule has 1 aromatic heterocycles. The van der Waals surface area contributed by atoms with Gasteiger partial charge in [0.2, 0.25) is 0 Å². The minimum absolute atomic E-state index is 0.101. The summed E-state index contributed by atoms with van der Waals surface area (Å²) in [5.74, 6) is 1.34. The molecule has 1 unspecified atom stereocenters. The lowest BCUT2D eigenvalue weighted by Crippen LogP contribution is -2.22. The Hall–Kier alpha value is -2.70. The van der Waals surface area contributed by atoms with Crippen LogP contribution in [0.5, 0.6) is 5.75 Å². The first kappa shape index (κ1) is 16.8. The maximum Gasteiger partial charge on any atom is 0.132 e. The molecule has 1 aromatic carbocycles. The van der Waals surface area contributed by atoms with Gasteiger partial charge in [0.05, 0.1) is 18.0 Å². The summed E-state index contributed by atoms with van der Waals surface area (Å²) >= 11 is 0. The maximum atomic E-state index is 13.5. The molecule has 3 N–H and O–H groups in total. The monoisotopic (exact) mass is 355 g/mol. The first-order valence-electron chi connectivity index (χ1n) is 8.82. The van der Waals surface area contributed by atoms with Gasteiger partial charge in [0.1, 0.15) is 29.7 Å². The second-order valence-corrected chi connectivity index (χ2v) is 7.27. The summed E-state index contributed by atoms with van der Waals surface area (Å²) in [5.41, 5.74) is 7.71. The minimum Gasteiger partial charge on any atom is -0.488 e. The molecule has 2 aliphatic rings. The van der Waals surface area contributed by atoms with Crippen molar-refractivity contribution in [2.45, 2.75) is 38.0 Å². The molecular weight excluding hydrogens is 333 g/mol. The first-order chi connectivity index (χ1) is 12.4. The van der Waals surface area contributed by atoms with Gasteiger partial charge >= 0.3 is 0 Å². The smallest absolute Gasteiger partial charge is 0.132 e. The van der Waals surface area contributed by atoms with Crippen LogP contribution >= 0.6 is 0 Å². The summed E-state index contributed by atoms with van der Waals surface area (Å²) in [6.45, 7) is 3.02. The number of halogens is 1. The molecule has 1 atom stereocenters. The van der Waals surface area contributed by atoms with Gasteiger partial charge in [0.25, 0.3) is 0 Å². The van der Waals surface area contributed by atoms with Crippen LogP contribution in [0, 0.1) is 5.41 Å². The normalized spacial score (nSPS) is 20.8. The van der Waals surface area contributed by atoms with Crippen LogP contribution in [0.2, 0.25) is 0 Å². The summed E-state index contributed by atoms with van der Waals surface area (Å²) in [4.78, 5) is 10.3. The largest absolute Gasteiger partial charge is 0.488 e. The number of nitrogen functional groups attached to an aromatic ring is 1. The highest BCUT2D eigenvalue weighted by Gasteiger charge is 2.40. The number of hydrogen-bond donors (Lipinski definition) is 2. The lowest BCUT2D eigenvalue weighted by molar-refractivity contribution is 0.200. The summed E-state index contributed by atoms with van der Waals surface area (Å²) in [6, 6.07) is 7.08. The minimum atomic E-state index is -0.832. The van der Waals surface area contributed by atoms with Crippen LogP contribution in [0.25, 0.3) is 0 Å². The molecular formula is C19H22FN5O. The number of aromatic nitrogens is 2. The van der Waals surface area contributed by atoms with Gasteiger partial charge < -0.3 is 15.4 Å². The molecule has 7 heteroatoms. The van der Waals surface area contributed by atoms with Crippen molar-refractivity contribution < 1.29 is 9.13 Å². The SMILES string of the molecule is CC1(Oc2ccc(N)c(C(=N)c3cc(N4CCC(F)C4)ncn3)c2)CC1. The van der Waals surface area contributed by atoms with Crippen molar-refractivity contribution >= 4 is 17.2 Å². The lowest BCUT2D eigenvalue weighted by atomic mass is 10.0. The Morgan fingerprint density at radius 3 is 2.85 bits per heavy atom. The number of benzene rings is 1. The number of hydrogen-bond acceptors (Lipinski definition) is 6. The number of nitrogens with two attached hydrogens (primary N) is 1. The first-order valence-corrected chi connectivity index (χ1v) is 8.82. The zero-order valence-electron chi connectivity index (χ0n) is 14.7. The van der Waals surface area contributed by atoms with E-state index in [1.54, 1.807) is 18.2 Å². The van der Waals surface area contributed by atoms with E-state index in [1.165, 1.54) is 6.33 Å². The fourth-order valence-corrected chi connectivity index (χ4v) is 3.10. The topological polar surface area (TPSA) is 88.1 Å². The van der Waals surface area contributed by atoms with Crippen LogP contribution in [0.3, 0.4) is 0 Å². The lowest BCUT2D eigenvalue weighted by Gasteiger charge is -2.17. The third kappa shape index (κ3) is 3.34. The van der Waals surface area contributed by atoms with E-state index in [1.807, 2.05) is 11.0 Å². The van der Waals surface area contributed by atoms with Crippen LogP contribution in [0.1, 0.15) is 37.4 Å². The molecule has 26 heavy (non-hydrogen) atoms. The maximum absolute atomic E-state index is 13.5. The van der Waals surface area contributed by atoms with Crippen LogP contribution in [0.15, 0.2) is 30.6 Å². The van der Waals surface area contributed by atoms with Crippen molar-refractivity contribution in [1.82, 2.24) is 9.97 Å². The molecule has 0 amide bonds. The van der Waals surface area contributed by atoms with Gasteiger partial charge in [0, 0.05) is 23.9 Å². The molecule has 0 radical (unpaired) electrons. The predicted octanol–water partition coefficient (Wildman–Crippen LogP) is 2.95. The molecule has 1 aliphatic heterocycles. The highest BCUT2D eigenvalue weighted by molar-refractivity contribution is 6.13. The van der Waals surface area contributed by atoms with E-state index >= 15 is 0 Å². The zero-order valence-corrected chi connectivity index (χ0v) is 14.7. The Balaban J connectivity index is 1.60. The number of ether oxygens (including phenoxy) is 1. The molecule has 2 aromatic rings. The molecule has 1 saturated carbocycles. The van der Waals surface area contributed by atoms with E-state index in [4.69, 9.17) is 15.9 Å². The predicted molar refractivity (Wildman–Crippen MR) is 98.8 cm³/mol. The number of nitrogens with one attached hydrogen (secondary N) is 1. The Morgan fingerprint density at radius 1 is 1.35 bits per heavy atom. The molecule has 2 fully saturated rings. The highest BCUT2D eigenvalue weighted by Crippen LogP contribution is 2.40. The van der Waals surface area contributed by atoms with E-state index < -0.39 is 6.17 Å². The van der Waals surface area contributed by atoms with E-state index in [-0.39, 0.29) is 11.3 Å².